The van der Waals surface area contributed by atoms with E-state index in [0.29, 0.717) is 23.8 Å². The van der Waals surface area contributed by atoms with E-state index >= 15 is 0 Å². The first-order chi connectivity index (χ1) is 14.2. The molecule has 1 aromatic rings. The minimum Gasteiger partial charge on any atom is -0.489 e. The monoisotopic (exact) mass is 431 g/mol. The smallest absolute Gasteiger partial charge is 0.335 e. The molecule has 2 amide bonds. The Morgan fingerprint density at radius 2 is 1.94 bits per heavy atom. The van der Waals surface area contributed by atoms with Crippen molar-refractivity contribution >= 4 is 17.4 Å². The number of aliphatic hydroxyl groups is 1. The number of urea groups is 1. The highest BCUT2D eigenvalue weighted by atomic mass is 16.5. The number of carbonyl (C=O) groups excluding carboxylic acids is 1. The molecule has 0 saturated carbocycles. The van der Waals surface area contributed by atoms with Gasteiger partial charge in [0.15, 0.2) is 0 Å². The molecule has 0 aromatic heterocycles. The van der Waals surface area contributed by atoms with Gasteiger partial charge < -0.3 is 26.7 Å². The van der Waals surface area contributed by atoms with Crippen molar-refractivity contribution in [1.82, 2.24) is 11.2 Å². The zero-order valence-electron chi connectivity index (χ0n) is 19.2. The molecule has 0 saturated heterocycles. The van der Waals surface area contributed by atoms with Crippen LogP contribution in [0.1, 0.15) is 31.9 Å². The van der Waals surface area contributed by atoms with Crippen molar-refractivity contribution in [1.29, 1.82) is 5.41 Å². The zero-order chi connectivity index (χ0) is 23.1. The number of aliphatic hydroxyl groups excluding tert-OH is 1. The van der Waals surface area contributed by atoms with Crippen LogP contribution in [0.25, 0.3) is 0 Å². The fraction of sp³-hybridized carbons (Fsp3) is 0.304. The minimum atomic E-state index is -0.401. The minimum absolute atomic E-state index is 0. The topological polar surface area (TPSA) is 147 Å². The van der Waals surface area contributed by atoms with Gasteiger partial charge in [0.25, 0.3) is 0 Å². The number of hydrazine groups is 1. The summed E-state index contributed by atoms with van der Waals surface area (Å²) in [6, 6.07) is 5.24. The Morgan fingerprint density at radius 1 is 1.32 bits per heavy atom. The van der Waals surface area contributed by atoms with Crippen LogP contribution >= 0.6 is 0 Å². The number of anilines is 1. The number of rotatable bonds is 8. The number of nitrogens with one attached hydrogen (secondary N) is 2. The molecule has 1 aromatic carbocycles. The summed E-state index contributed by atoms with van der Waals surface area (Å²) < 4.78 is 5.90. The summed E-state index contributed by atoms with van der Waals surface area (Å²) in [6.07, 6.45) is 8.84. The highest BCUT2D eigenvalue weighted by Gasteiger charge is 2.11. The first kappa shape index (κ1) is 30.0. The average Bonchev–Trinajstić information content (AvgIpc) is 2.71. The molecule has 0 spiro atoms. The molecule has 0 fully saturated rings. The van der Waals surface area contributed by atoms with Crippen molar-refractivity contribution < 1.29 is 14.6 Å². The molecule has 0 heterocycles. The molecular weight excluding hydrogens is 394 g/mol. The van der Waals surface area contributed by atoms with E-state index < -0.39 is 6.03 Å². The van der Waals surface area contributed by atoms with Gasteiger partial charge in [0, 0.05) is 24.0 Å². The summed E-state index contributed by atoms with van der Waals surface area (Å²) in [4.78, 5) is 11.8. The molecular formula is C23H37N5O3. The zero-order valence-corrected chi connectivity index (χ0v) is 19.2. The molecule has 0 atom stereocenters. The maximum absolute atomic E-state index is 11.8. The number of nitrogens with zero attached hydrogens (tertiary/aromatic N) is 1. The van der Waals surface area contributed by atoms with Crippen LogP contribution in [-0.4, -0.2) is 35.5 Å². The molecule has 31 heavy (non-hydrogen) atoms. The first-order valence-corrected chi connectivity index (χ1v) is 9.50. The number of hydrogen-bond acceptors (Lipinski definition) is 6. The average molecular weight is 432 g/mol. The molecule has 0 aliphatic heterocycles. The number of benzene rings is 1. The summed E-state index contributed by atoms with van der Waals surface area (Å²) in [7, 11) is 1.48. The van der Waals surface area contributed by atoms with E-state index in [0.717, 1.165) is 21.7 Å². The lowest BCUT2D eigenvalue weighted by atomic mass is 10.1. The van der Waals surface area contributed by atoms with E-state index in [1.807, 2.05) is 63.3 Å². The van der Waals surface area contributed by atoms with E-state index in [2.05, 4.69) is 11.9 Å². The van der Waals surface area contributed by atoms with Crippen molar-refractivity contribution in [3.63, 3.8) is 0 Å². The second kappa shape index (κ2) is 16.6. The maximum Gasteiger partial charge on any atom is 0.335 e. The second-order valence-electron chi connectivity index (χ2n) is 6.30. The Kier molecular flexibility index (Phi) is 16.0. The summed E-state index contributed by atoms with van der Waals surface area (Å²) >= 11 is 0. The molecule has 0 radical (unpaired) electrons. The number of allylic oxidation sites excluding steroid dienone is 5. The van der Waals surface area contributed by atoms with Crippen LogP contribution in [0.3, 0.4) is 0 Å². The van der Waals surface area contributed by atoms with Gasteiger partial charge in [-0.25, -0.2) is 10.6 Å². The number of carbonyl (C=O) groups is 1. The molecule has 0 unspecified atom stereocenters. The van der Waals surface area contributed by atoms with Gasteiger partial charge in [-0.1, -0.05) is 24.3 Å². The quantitative estimate of drug-likeness (QED) is 0.0775. The fourth-order valence-corrected chi connectivity index (χ4v) is 2.21. The van der Waals surface area contributed by atoms with Crippen LogP contribution in [0.15, 0.2) is 66.5 Å². The molecule has 172 valence electrons. The Bertz CT molecular complexity index is 811. The largest absolute Gasteiger partial charge is 0.489 e. The molecule has 8 heteroatoms. The van der Waals surface area contributed by atoms with E-state index in [-0.39, 0.29) is 12.8 Å². The van der Waals surface area contributed by atoms with Crippen molar-refractivity contribution in [2.45, 2.75) is 34.3 Å². The van der Waals surface area contributed by atoms with E-state index in [1.54, 1.807) is 6.92 Å². The SMILES string of the molecule is C/C=C(/C=C\C(=C/C)C(C)=N)OCc1c(C)cccc1NC(=O)N(C)N.C=CCO.N. The first-order valence-electron chi connectivity index (χ1n) is 9.50. The van der Waals surface area contributed by atoms with Crippen LogP contribution in [0, 0.1) is 12.3 Å². The fourth-order valence-electron chi connectivity index (χ4n) is 2.21. The third kappa shape index (κ3) is 11.5. The Hall–Kier alpha value is -3.20. The number of hydrogen-bond donors (Lipinski definition) is 5. The van der Waals surface area contributed by atoms with Gasteiger partial charge in [-0.15, -0.1) is 6.58 Å². The lowest BCUT2D eigenvalue weighted by Gasteiger charge is -2.17. The van der Waals surface area contributed by atoms with Crippen molar-refractivity contribution in [2.24, 2.45) is 5.84 Å². The Morgan fingerprint density at radius 3 is 2.39 bits per heavy atom. The summed E-state index contributed by atoms with van der Waals surface area (Å²) in [5.41, 5.74) is 3.88. The predicted molar refractivity (Wildman–Crippen MR) is 129 cm³/mol. The third-order valence-electron chi connectivity index (χ3n) is 3.94. The third-order valence-corrected chi connectivity index (χ3v) is 3.94. The summed E-state index contributed by atoms with van der Waals surface area (Å²) in [6.45, 7) is 11.1. The highest BCUT2D eigenvalue weighted by Crippen LogP contribution is 2.22. The molecule has 0 aliphatic rings. The van der Waals surface area contributed by atoms with Gasteiger partial charge in [-0.3, -0.25) is 5.01 Å². The van der Waals surface area contributed by atoms with E-state index in [9.17, 15) is 4.79 Å². The number of amides is 2. The summed E-state index contributed by atoms with van der Waals surface area (Å²) in [5, 5.41) is 19.2. The standard InChI is InChI=1S/C20H28N4O2.C3H6O.H3N/c1-6-16(15(4)21)11-12-17(7-2)26-13-18-14(3)9-8-10-19(18)23-20(25)24(5)22;1-2-3-4;/h6-12,21H,13,22H2,1-5H3,(H,23,25);2,4H,1,3H2;1H3/b12-11-,16-6+,17-7-,21-15?;;. The normalized spacial score (nSPS) is 11.1. The van der Waals surface area contributed by atoms with Gasteiger partial charge in [0.1, 0.15) is 12.4 Å². The lowest BCUT2D eigenvalue weighted by Crippen LogP contribution is -2.37. The second-order valence-corrected chi connectivity index (χ2v) is 6.30. The van der Waals surface area contributed by atoms with Crippen molar-refractivity contribution in [2.75, 3.05) is 19.0 Å². The van der Waals surface area contributed by atoms with E-state index in [1.165, 1.54) is 13.1 Å². The molecule has 0 bridgehead atoms. The van der Waals surface area contributed by atoms with E-state index in [4.69, 9.17) is 21.1 Å². The Balaban J connectivity index is 0. The Labute approximate surface area is 185 Å². The summed E-state index contributed by atoms with van der Waals surface area (Å²) in [5.74, 6) is 6.15. The van der Waals surface area contributed by atoms with Gasteiger partial charge in [-0.2, -0.15) is 0 Å². The van der Waals surface area contributed by atoms with Gasteiger partial charge in [0.05, 0.1) is 6.61 Å². The molecule has 8 nitrogen and oxygen atoms in total. The maximum atomic E-state index is 11.8. The van der Waals surface area contributed by atoms with Crippen LogP contribution in [0.4, 0.5) is 10.5 Å². The van der Waals surface area contributed by atoms with Crippen molar-refractivity contribution in [3.8, 4) is 0 Å². The predicted octanol–water partition coefficient (Wildman–Crippen LogP) is 4.62. The van der Waals surface area contributed by atoms with Gasteiger partial charge >= 0.3 is 6.03 Å². The van der Waals surface area contributed by atoms with Gasteiger partial charge in [0.2, 0.25) is 0 Å². The molecule has 0 aliphatic carbocycles. The molecule has 1 rings (SSSR count). The van der Waals surface area contributed by atoms with Crippen LogP contribution in [-0.2, 0) is 11.3 Å². The highest BCUT2D eigenvalue weighted by molar-refractivity contribution is 5.98. The lowest BCUT2D eigenvalue weighted by molar-refractivity contribution is 0.210. The van der Waals surface area contributed by atoms with Crippen molar-refractivity contribution in [3.05, 3.63) is 77.6 Å². The van der Waals surface area contributed by atoms with Gasteiger partial charge in [-0.05, 0) is 63.1 Å². The number of nitrogens with two attached hydrogens (primary N) is 1. The van der Waals surface area contributed by atoms with Crippen LogP contribution < -0.4 is 17.3 Å². The van der Waals surface area contributed by atoms with Crippen LogP contribution in [0.5, 0.6) is 0 Å². The molecule has 8 N–H and O–H groups in total. The number of aryl methyl sites for hydroxylation is 1. The van der Waals surface area contributed by atoms with Crippen LogP contribution in [0.2, 0.25) is 0 Å². The number of ether oxygens (including phenoxy) is 1.